The monoisotopic (exact) mass is 696 g/mol. The van der Waals surface area contributed by atoms with E-state index >= 15 is 0 Å². The molecule has 2 aromatic carbocycles. The third kappa shape index (κ3) is 7.69. The van der Waals surface area contributed by atoms with E-state index in [4.69, 9.17) is 21.1 Å². The molecule has 0 aliphatic rings. The molecule has 0 radical (unpaired) electrons. The normalized spacial score (nSPS) is 13.1. The number of aliphatic hydroxyl groups excluding tert-OH is 1. The Bertz CT molecular complexity index is 1880. The Hall–Kier alpha value is -3.44. The number of aryl methyl sites for hydroxylation is 1. The molecule has 2 aromatic heterocycles. The molecule has 0 spiro atoms. The van der Waals surface area contributed by atoms with Crippen LogP contribution in [0.15, 0.2) is 53.6 Å². The minimum absolute atomic E-state index is 0.0160. The van der Waals surface area contributed by atoms with Crippen molar-refractivity contribution in [3.05, 3.63) is 59.2 Å². The zero-order valence-corrected chi connectivity index (χ0v) is 29.5. The van der Waals surface area contributed by atoms with E-state index in [0.29, 0.717) is 28.9 Å². The molecule has 244 valence electrons. The molecular formula is C28H37ClN6O7S2Si. The van der Waals surface area contributed by atoms with E-state index in [1.54, 1.807) is 42.2 Å². The number of rotatable bonds is 13. The summed E-state index contributed by atoms with van der Waals surface area (Å²) in [6.45, 7) is 6.33. The van der Waals surface area contributed by atoms with Crippen molar-refractivity contribution in [2.24, 2.45) is 7.05 Å². The lowest BCUT2D eigenvalue weighted by atomic mass is 10.1. The number of methoxy groups -OCH3 is 2. The number of hydrogen-bond donors (Lipinski definition) is 1. The van der Waals surface area contributed by atoms with Crippen molar-refractivity contribution < 1.29 is 31.4 Å². The minimum Gasteiger partial charge on any atom is -0.494 e. The lowest BCUT2D eigenvalue weighted by molar-refractivity contribution is 0.198. The molecule has 0 saturated carbocycles. The molecule has 2 heterocycles. The number of para-hydroxylation sites is 1. The number of anilines is 1. The Balaban J connectivity index is 1.95. The van der Waals surface area contributed by atoms with Gasteiger partial charge in [0.05, 0.1) is 31.0 Å². The van der Waals surface area contributed by atoms with Crippen molar-refractivity contribution in [3.8, 4) is 28.7 Å². The average molecular weight is 697 g/mol. The van der Waals surface area contributed by atoms with Gasteiger partial charge in [0.25, 0.3) is 0 Å². The number of sulfone groups is 1. The first-order valence-corrected chi connectivity index (χ1v) is 21.4. The van der Waals surface area contributed by atoms with Crippen LogP contribution in [0.2, 0.25) is 30.7 Å². The summed E-state index contributed by atoms with van der Waals surface area (Å²) in [5, 5.41) is 24.6. The second kappa shape index (κ2) is 13.1. The fourth-order valence-corrected chi connectivity index (χ4v) is 8.44. The second-order valence-electron chi connectivity index (χ2n) is 11.7. The lowest BCUT2D eigenvalue weighted by Crippen LogP contribution is -2.40. The van der Waals surface area contributed by atoms with Crippen molar-refractivity contribution >= 4 is 45.5 Å². The maximum absolute atomic E-state index is 14.3. The van der Waals surface area contributed by atoms with E-state index < -0.39 is 39.8 Å². The van der Waals surface area contributed by atoms with Crippen LogP contribution in [0.1, 0.15) is 11.7 Å². The highest BCUT2D eigenvalue weighted by atomic mass is 35.5. The van der Waals surface area contributed by atoms with Gasteiger partial charge in [-0.2, -0.15) is 5.10 Å². The molecule has 0 aliphatic heterocycles. The summed E-state index contributed by atoms with van der Waals surface area (Å²) in [6.07, 6.45) is 0.972. The molecule has 1 N–H and O–H groups in total. The number of nitrogens with zero attached hydrogens (tertiary/aromatic N) is 6. The van der Waals surface area contributed by atoms with Crippen molar-refractivity contribution in [1.82, 2.24) is 24.5 Å². The molecule has 0 bridgehead atoms. The third-order valence-corrected chi connectivity index (χ3v) is 11.8. The molecule has 0 unspecified atom stereocenters. The van der Waals surface area contributed by atoms with Crippen LogP contribution in [0.5, 0.6) is 11.5 Å². The molecule has 4 rings (SSSR count). The van der Waals surface area contributed by atoms with Gasteiger partial charge in [0.15, 0.2) is 15.7 Å². The fourth-order valence-electron chi connectivity index (χ4n) is 4.68. The van der Waals surface area contributed by atoms with Gasteiger partial charge < -0.3 is 14.6 Å². The first-order chi connectivity index (χ1) is 21.0. The number of halogens is 1. The summed E-state index contributed by atoms with van der Waals surface area (Å²) >= 11 is 6.04. The third-order valence-electron chi connectivity index (χ3n) is 6.94. The quantitative estimate of drug-likeness (QED) is 0.203. The highest BCUT2D eigenvalue weighted by molar-refractivity contribution is 7.92. The second-order valence-corrected chi connectivity index (χ2v) is 21.7. The zero-order chi connectivity index (χ0) is 33.3. The Labute approximate surface area is 269 Å². The first kappa shape index (κ1) is 34.4. The number of aliphatic hydroxyl groups is 1. The van der Waals surface area contributed by atoms with Gasteiger partial charge in [-0.15, -0.1) is 10.2 Å². The number of sulfonamides is 1. The molecule has 1 atom stereocenters. The highest BCUT2D eigenvalue weighted by Crippen LogP contribution is 2.39. The zero-order valence-electron chi connectivity index (χ0n) is 26.1. The first-order valence-electron chi connectivity index (χ1n) is 13.8. The van der Waals surface area contributed by atoms with Crippen LogP contribution < -0.4 is 13.8 Å². The number of ether oxygens (including phenoxy) is 2. The molecule has 0 amide bonds. The van der Waals surface area contributed by atoms with Gasteiger partial charge in [-0.25, -0.2) is 21.1 Å². The maximum atomic E-state index is 14.3. The molecule has 45 heavy (non-hydrogen) atoms. The van der Waals surface area contributed by atoms with E-state index in [-0.39, 0.29) is 33.8 Å². The van der Waals surface area contributed by atoms with Crippen molar-refractivity contribution in [3.63, 3.8) is 0 Å². The largest absolute Gasteiger partial charge is 0.494 e. The smallest absolute Gasteiger partial charge is 0.246 e. The molecular weight excluding hydrogens is 660 g/mol. The standard InChI is InChI=1S/C28H37ClN6O7S2Si/c1-33-14-13-21(32-33)27-30-31-28(35(27)26-23(41-2)9-8-10-24(26)42-3)34(15-16-45(5,6)7)44(39,40)18-22(36)20-12-11-19(29)17-25(20)43(4,37)38/h8-14,17,22,36H,15-16,18H2,1-7H3/t22-/m0/s1. The Morgan fingerprint density at radius 1 is 1.02 bits per heavy atom. The van der Waals surface area contributed by atoms with Gasteiger partial charge >= 0.3 is 0 Å². The van der Waals surface area contributed by atoms with Gasteiger partial charge in [-0.05, 0) is 36.4 Å². The van der Waals surface area contributed by atoms with Crippen molar-refractivity contribution in [2.45, 2.75) is 36.7 Å². The van der Waals surface area contributed by atoms with Gasteiger partial charge in [0.1, 0.15) is 22.9 Å². The topological polar surface area (TPSA) is 159 Å². The van der Waals surface area contributed by atoms with E-state index in [0.717, 1.165) is 10.6 Å². The van der Waals surface area contributed by atoms with Crippen LogP contribution in [0.3, 0.4) is 0 Å². The average Bonchev–Trinajstić information content (AvgIpc) is 3.57. The predicted molar refractivity (Wildman–Crippen MR) is 175 cm³/mol. The van der Waals surface area contributed by atoms with Crippen LogP contribution in [0.4, 0.5) is 5.95 Å². The molecule has 13 nitrogen and oxygen atoms in total. The summed E-state index contributed by atoms with van der Waals surface area (Å²) in [6, 6.07) is 11.3. The molecule has 0 aliphatic carbocycles. The highest BCUT2D eigenvalue weighted by Gasteiger charge is 2.35. The van der Waals surface area contributed by atoms with E-state index in [1.165, 1.54) is 37.0 Å². The Kier molecular flexibility index (Phi) is 10.0. The number of benzene rings is 2. The number of hydrogen-bond acceptors (Lipinski definition) is 10. The molecule has 0 saturated heterocycles. The molecule has 0 fully saturated rings. The van der Waals surface area contributed by atoms with Crippen LogP contribution in [0, 0.1) is 0 Å². The summed E-state index contributed by atoms with van der Waals surface area (Å²) in [4.78, 5) is -0.259. The lowest BCUT2D eigenvalue weighted by Gasteiger charge is -2.28. The van der Waals surface area contributed by atoms with E-state index in [9.17, 15) is 21.9 Å². The van der Waals surface area contributed by atoms with Crippen molar-refractivity contribution in [1.29, 1.82) is 0 Å². The van der Waals surface area contributed by atoms with Gasteiger partial charge in [-0.3, -0.25) is 9.25 Å². The summed E-state index contributed by atoms with van der Waals surface area (Å²) in [5.74, 6) is 0.00308. The Morgan fingerprint density at radius 3 is 2.20 bits per heavy atom. The van der Waals surface area contributed by atoms with Crippen LogP contribution >= 0.6 is 11.6 Å². The van der Waals surface area contributed by atoms with Gasteiger partial charge in [0.2, 0.25) is 16.0 Å². The molecule has 4 aromatic rings. The van der Waals surface area contributed by atoms with E-state index in [1.807, 2.05) is 0 Å². The predicted octanol–water partition coefficient (Wildman–Crippen LogP) is 3.95. The summed E-state index contributed by atoms with van der Waals surface area (Å²) < 4.78 is 69.3. The molecule has 17 heteroatoms. The summed E-state index contributed by atoms with van der Waals surface area (Å²) in [5.41, 5.74) is 0.664. The van der Waals surface area contributed by atoms with Gasteiger partial charge in [0, 0.05) is 44.7 Å². The van der Waals surface area contributed by atoms with Crippen molar-refractivity contribution in [2.75, 3.05) is 37.1 Å². The minimum atomic E-state index is -4.40. The van der Waals surface area contributed by atoms with Gasteiger partial charge in [-0.1, -0.05) is 43.4 Å². The maximum Gasteiger partial charge on any atom is 0.246 e. The number of aromatic nitrogens is 5. The van der Waals surface area contributed by atoms with Crippen LogP contribution in [-0.2, 0) is 26.9 Å². The summed E-state index contributed by atoms with van der Waals surface area (Å²) in [7, 11) is -5.41. The van der Waals surface area contributed by atoms with Crippen LogP contribution in [-0.4, -0.2) is 87.3 Å². The SMILES string of the molecule is COc1cccc(OC)c1-n1c(-c2ccn(C)n2)nnc1N(CC[Si](C)(C)C)S(=O)(=O)C[C@H](O)c1ccc(Cl)cc1S(C)(=O)=O. The van der Waals surface area contributed by atoms with Crippen LogP contribution in [0.25, 0.3) is 17.2 Å². The fraction of sp³-hybridized carbons (Fsp3) is 0.393. The Morgan fingerprint density at radius 2 is 1.67 bits per heavy atom. The van der Waals surface area contributed by atoms with E-state index in [2.05, 4.69) is 34.9 Å².